The summed E-state index contributed by atoms with van der Waals surface area (Å²) in [5.41, 5.74) is -1.58. The van der Waals surface area contributed by atoms with Gasteiger partial charge in [-0.15, -0.1) is 13.2 Å². The van der Waals surface area contributed by atoms with Crippen LogP contribution >= 0.6 is 0 Å². The average Bonchev–Trinajstić information content (AvgIpc) is 2.58. The molecule has 0 saturated carbocycles. The molecule has 1 aromatic rings. The predicted octanol–water partition coefficient (Wildman–Crippen LogP) is 0.976. The van der Waals surface area contributed by atoms with Crippen LogP contribution in [0, 0.1) is 5.82 Å². The molecule has 8 nitrogen and oxygen atoms in total. The first-order valence-corrected chi connectivity index (χ1v) is 8.97. The Morgan fingerprint density at radius 1 is 1.33 bits per heavy atom. The Hall–Kier alpha value is -2.44. The van der Waals surface area contributed by atoms with E-state index in [2.05, 4.69) is 20.7 Å². The molecule has 1 aliphatic rings. The van der Waals surface area contributed by atoms with E-state index in [0.717, 1.165) is 18.2 Å². The Bertz CT molecular complexity index is 795. The van der Waals surface area contributed by atoms with Gasteiger partial charge in [-0.2, -0.15) is 0 Å². The number of ether oxygens (including phenoxy) is 1. The lowest BCUT2D eigenvalue weighted by Gasteiger charge is -2.36. The zero-order valence-electron chi connectivity index (χ0n) is 16.8. The molecule has 1 aliphatic heterocycles. The van der Waals surface area contributed by atoms with Crippen molar-refractivity contribution in [3.8, 4) is 5.75 Å². The summed E-state index contributed by atoms with van der Waals surface area (Å²) < 4.78 is 54.7. The first-order chi connectivity index (χ1) is 13.7. The minimum atomic E-state index is -5.07. The van der Waals surface area contributed by atoms with Crippen LogP contribution in [-0.2, 0) is 9.59 Å². The summed E-state index contributed by atoms with van der Waals surface area (Å²) in [6.07, 6.45) is -5.83. The minimum absolute atomic E-state index is 0.0206. The maximum atomic E-state index is 14.1. The van der Waals surface area contributed by atoms with Crippen molar-refractivity contribution in [3.63, 3.8) is 0 Å². The SMILES string of the molecule is CN(C)C1NC(=O)CC(C(=O)N[C@@H](c2ccc(OC(F)(F)F)c(F)c2)C(C)(C)O)N1. The highest BCUT2D eigenvalue weighted by atomic mass is 19.4. The van der Waals surface area contributed by atoms with Gasteiger partial charge < -0.3 is 20.5 Å². The molecule has 4 N–H and O–H groups in total. The number of carbonyl (C=O) groups excluding carboxylic acids is 2. The van der Waals surface area contributed by atoms with Crippen molar-refractivity contribution in [2.75, 3.05) is 14.1 Å². The number of nitrogens with zero attached hydrogens (tertiary/aromatic N) is 1. The lowest BCUT2D eigenvalue weighted by molar-refractivity contribution is -0.275. The highest BCUT2D eigenvalue weighted by Gasteiger charge is 2.37. The summed E-state index contributed by atoms with van der Waals surface area (Å²) in [6, 6.07) is 0.500. The number of alkyl halides is 3. The number of aliphatic hydroxyl groups is 1. The second kappa shape index (κ2) is 8.74. The van der Waals surface area contributed by atoms with Crippen LogP contribution in [0.2, 0.25) is 0 Å². The van der Waals surface area contributed by atoms with Gasteiger partial charge >= 0.3 is 6.36 Å². The molecule has 12 heteroatoms. The van der Waals surface area contributed by atoms with E-state index >= 15 is 0 Å². The highest BCUT2D eigenvalue weighted by Crippen LogP contribution is 2.31. The van der Waals surface area contributed by atoms with E-state index in [0.29, 0.717) is 0 Å². The number of hydrogen-bond donors (Lipinski definition) is 4. The zero-order valence-corrected chi connectivity index (χ0v) is 16.8. The van der Waals surface area contributed by atoms with Gasteiger partial charge in [-0.3, -0.25) is 19.8 Å². The molecule has 0 spiro atoms. The van der Waals surface area contributed by atoms with Crippen LogP contribution < -0.4 is 20.7 Å². The van der Waals surface area contributed by atoms with Crippen LogP contribution in [0.5, 0.6) is 5.75 Å². The highest BCUT2D eigenvalue weighted by molar-refractivity contribution is 5.89. The summed E-state index contributed by atoms with van der Waals surface area (Å²) in [7, 11) is 3.37. The Labute approximate surface area is 170 Å². The van der Waals surface area contributed by atoms with Gasteiger partial charge in [0, 0.05) is 0 Å². The van der Waals surface area contributed by atoms with Gasteiger partial charge in [-0.1, -0.05) is 6.07 Å². The van der Waals surface area contributed by atoms with Gasteiger partial charge in [0.05, 0.1) is 24.1 Å². The number of rotatable bonds is 6. The average molecular weight is 436 g/mol. The fraction of sp³-hybridized carbons (Fsp3) is 0.556. The van der Waals surface area contributed by atoms with E-state index in [9.17, 15) is 32.3 Å². The van der Waals surface area contributed by atoms with E-state index in [1.54, 1.807) is 19.0 Å². The first kappa shape index (κ1) is 23.8. The van der Waals surface area contributed by atoms with Crippen LogP contribution in [0.25, 0.3) is 0 Å². The molecular formula is C18H24F4N4O4. The summed E-state index contributed by atoms with van der Waals surface area (Å²) in [4.78, 5) is 26.2. The molecule has 0 radical (unpaired) electrons. The van der Waals surface area contributed by atoms with Gasteiger partial charge in [-0.05, 0) is 45.6 Å². The molecule has 3 atom stereocenters. The number of amides is 2. The largest absolute Gasteiger partial charge is 0.573 e. The van der Waals surface area contributed by atoms with Gasteiger partial charge in [0.25, 0.3) is 0 Å². The molecule has 2 rings (SSSR count). The van der Waals surface area contributed by atoms with E-state index in [-0.39, 0.29) is 17.9 Å². The summed E-state index contributed by atoms with van der Waals surface area (Å²) in [5, 5.41) is 18.6. The number of carbonyl (C=O) groups is 2. The molecule has 1 saturated heterocycles. The van der Waals surface area contributed by atoms with Crippen LogP contribution in [-0.4, -0.2) is 60.2 Å². The topological polar surface area (TPSA) is 103 Å². The van der Waals surface area contributed by atoms with Gasteiger partial charge in [0.2, 0.25) is 11.8 Å². The van der Waals surface area contributed by atoms with Crippen molar-refractivity contribution < 1.29 is 37.0 Å². The standard InChI is InChI=1S/C18H24F4N4O4/c1-17(2,29)14(9-5-6-12(10(19)7-9)30-18(20,21)22)25-15(28)11-8-13(27)24-16(23-11)26(3)4/h5-7,11,14,16,23,29H,8H2,1-4H3,(H,24,27)(H,25,28)/t11?,14-,16?/m0/s1. The smallest absolute Gasteiger partial charge is 0.403 e. The molecular weight excluding hydrogens is 412 g/mol. The van der Waals surface area contributed by atoms with E-state index in [1.165, 1.54) is 13.8 Å². The second-order valence-corrected chi connectivity index (χ2v) is 7.69. The predicted molar refractivity (Wildman–Crippen MR) is 97.4 cm³/mol. The maximum absolute atomic E-state index is 14.1. The maximum Gasteiger partial charge on any atom is 0.573 e. The molecule has 1 aromatic carbocycles. The van der Waals surface area contributed by atoms with E-state index < -0.39 is 47.8 Å². The van der Waals surface area contributed by atoms with Crippen LogP contribution in [0.1, 0.15) is 31.9 Å². The third kappa shape index (κ3) is 6.28. The Morgan fingerprint density at radius 3 is 2.47 bits per heavy atom. The van der Waals surface area contributed by atoms with Crippen LogP contribution in [0.15, 0.2) is 18.2 Å². The van der Waals surface area contributed by atoms with Crippen molar-refractivity contribution in [2.24, 2.45) is 0 Å². The van der Waals surface area contributed by atoms with Crippen molar-refractivity contribution in [1.82, 2.24) is 20.9 Å². The Balaban J connectivity index is 2.24. The van der Waals surface area contributed by atoms with E-state index in [1.807, 2.05) is 0 Å². The fourth-order valence-electron chi connectivity index (χ4n) is 2.95. The summed E-state index contributed by atoms with van der Waals surface area (Å²) in [5.74, 6) is -3.35. The molecule has 2 amide bonds. The molecule has 1 fully saturated rings. The molecule has 2 unspecified atom stereocenters. The number of halogens is 4. The second-order valence-electron chi connectivity index (χ2n) is 7.69. The van der Waals surface area contributed by atoms with Crippen molar-refractivity contribution in [1.29, 1.82) is 0 Å². The molecule has 0 bridgehead atoms. The zero-order chi connectivity index (χ0) is 22.9. The summed E-state index contributed by atoms with van der Waals surface area (Å²) >= 11 is 0. The van der Waals surface area contributed by atoms with Crippen LogP contribution in [0.4, 0.5) is 17.6 Å². The lowest BCUT2D eigenvalue weighted by atomic mass is 9.91. The molecule has 0 aliphatic carbocycles. The fourth-order valence-corrected chi connectivity index (χ4v) is 2.95. The first-order valence-electron chi connectivity index (χ1n) is 8.97. The monoisotopic (exact) mass is 436 g/mol. The minimum Gasteiger partial charge on any atom is -0.403 e. The lowest BCUT2D eigenvalue weighted by Crippen LogP contribution is -2.65. The number of benzene rings is 1. The van der Waals surface area contributed by atoms with Gasteiger partial charge in [0.1, 0.15) is 6.29 Å². The van der Waals surface area contributed by atoms with Crippen LogP contribution in [0.3, 0.4) is 0 Å². The van der Waals surface area contributed by atoms with Gasteiger partial charge in [0.15, 0.2) is 11.6 Å². The number of nitrogens with one attached hydrogen (secondary N) is 3. The van der Waals surface area contributed by atoms with E-state index in [4.69, 9.17) is 0 Å². The Kier molecular flexibility index (Phi) is 6.94. The van der Waals surface area contributed by atoms with Crippen molar-refractivity contribution >= 4 is 11.8 Å². The van der Waals surface area contributed by atoms with Gasteiger partial charge in [-0.25, -0.2) is 4.39 Å². The third-order valence-electron chi connectivity index (χ3n) is 4.39. The quantitative estimate of drug-likeness (QED) is 0.496. The third-order valence-corrected chi connectivity index (χ3v) is 4.39. The normalized spacial score (nSPS) is 21.2. The number of hydrogen-bond acceptors (Lipinski definition) is 6. The van der Waals surface area contributed by atoms with Crippen molar-refractivity contribution in [3.05, 3.63) is 29.6 Å². The molecule has 30 heavy (non-hydrogen) atoms. The Morgan fingerprint density at radius 2 is 1.97 bits per heavy atom. The molecule has 0 aromatic heterocycles. The van der Waals surface area contributed by atoms with Crippen molar-refractivity contribution in [2.45, 2.75) is 50.6 Å². The molecule has 168 valence electrons. The molecule has 1 heterocycles. The summed E-state index contributed by atoms with van der Waals surface area (Å²) in [6.45, 7) is 2.69.